The van der Waals surface area contributed by atoms with Gasteiger partial charge in [0.05, 0.1) is 13.2 Å². The number of hydrogen-bond donors (Lipinski definition) is 1. The maximum atomic E-state index is 14.2. The molecular formula is C14H16ClF2N3O2. The van der Waals surface area contributed by atoms with Crippen molar-refractivity contribution < 1.29 is 18.6 Å². The molecule has 2 atom stereocenters. The third-order valence-corrected chi connectivity index (χ3v) is 3.78. The highest BCUT2D eigenvalue weighted by Gasteiger charge is 2.44. The van der Waals surface area contributed by atoms with E-state index in [0.29, 0.717) is 13.0 Å². The number of aromatic nitrogens is 3. The molecule has 0 bridgehead atoms. The van der Waals surface area contributed by atoms with Crippen LogP contribution in [-0.2, 0) is 16.9 Å². The number of ether oxygens (including phenoxy) is 1. The summed E-state index contributed by atoms with van der Waals surface area (Å²) in [7, 11) is 0. The number of nitrogens with zero attached hydrogens (tertiary/aromatic N) is 3. The fourth-order valence-electron chi connectivity index (χ4n) is 2.80. The van der Waals surface area contributed by atoms with E-state index in [1.165, 1.54) is 24.8 Å². The van der Waals surface area contributed by atoms with E-state index in [-0.39, 0.29) is 37.0 Å². The van der Waals surface area contributed by atoms with Crippen molar-refractivity contribution in [2.45, 2.75) is 18.6 Å². The highest BCUT2D eigenvalue weighted by Crippen LogP contribution is 2.41. The van der Waals surface area contributed by atoms with Gasteiger partial charge in [-0.1, -0.05) is 6.07 Å². The van der Waals surface area contributed by atoms with Gasteiger partial charge in [0.1, 0.15) is 29.9 Å². The van der Waals surface area contributed by atoms with Gasteiger partial charge in [-0.05, 0) is 12.5 Å². The van der Waals surface area contributed by atoms with Crippen molar-refractivity contribution in [2.24, 2.45) is 5.92 Å². The van der Waals surface area contributed by atoms with E-state index in [2.05, 4.69) is 10.1 Å². The fourth-order valence-corrected chi connectivity index (χ4v) is 2.80. The molecule has 2 heterocycles. The average molecular weight is 332 g/mol. The third kappa shape index (κ3) is 3.11. The number of aliphatic hydroxyl groups is 1. The lowest BCUT2D eigenvalue weighted by molar-refractivity contribution is -0.0207. The Balaban J connectivity index is 0.00000176. The number of benzene rings is 1. The predicted octanol–water partition coefficient (Wildman–Crippen LogP) is 1.90. The summed E-state index contributed by atoms with van der Waals surface area (Å²) in [4.78, 5) is 3.86. The van der Waals surface area contributed by atoms with Crippen LogP contribution >= 0.6 is 12.4 Å². The van der Waals surface area contributed by atoms with E-state index in [1.54, 1.807) is 4.68 Å². The molecule has 5 nitrogen and oxygen atoms in total. The summed E-state index contributed by atoms with van der Waals surface area (Å²) < 4.78 is 34.7. The number of halogens is 3. The molecule has 1 N–H and O–H groups in total. The van der Waals surface area contributed by atoms with Crippen molar-refractivity contribution in [3.05, 3.63) is 48.1 Å². The Morgan fingerprint density at radius 1 is 1.41 bits per heavy atom. The van der Waals surface area contributed by atoms with Crippen LogP contribution in [0.4, 0.5) is 8.78 Å². The molecule has 1 unspecified atom stereocenters. The van der Waals surface area contributed by atoms with Crippen LogP contribution in [0.25, 0.3) is 0 Å². The van der Waals surface area contributed by atoms with Crippen molar-refractivity contribution >= 4 is 12.4 Å². The van der Waals surface area contributed by atoms with Gasteiger partial charge in [0.25, 0.3) is 0 Å². The van der Waals surface area contributed by atoms with Crippen molar-refractivity contribution in [1.82, 2.24) is 14.8 Å². The molecule has 1 saturated heterocycles. The molecule has 1 aromatic heterocycles. The lowest BCUT2D eigenvalue weighted by Gasteiger charge is -2.29. The van der Waals surface area contributed by atoms with Crippen LogP contribution in [0.2, 0.25) is 0 Å². The third-order valence-electron chi connectivity index (χ3n) is 3.78. The monoisotopic (exact) mass is 331 g/mol. The van der Waals surface area contributed by atoms with Crippen molar-refractivity contribution in [3.63, 3.8) is 0 Å². The average Bonchev–Trinajstić information content (AvgIpc) is 3.09. The molecular weight excluding hydrogens is 316 g/mol. The van der Waals surface area contributed by atoms with E-state index in [9.17, 15) is 13.9 Å². The van der Waals surface area contributed by atoms with Gasteiger partial charge in [-0.2, -0.15) is 5.10 Å². The second-order valence-electron chi connectivity index (χ2n) is 5.28. The quantitative estimate of drug-likeness (QED) is 0.929. The van der Waals surface area contributed by atoms with E-state index < -0.39 is 17.2 Å². The van der Waals surface area contributed by atoms with E-state index in [4.69, 9.17) is 4.74 Å². The maximum absolute atomic E-state index is 14.2. The smallest absolute Gasteiger partial charge is 0.137 e. The molecule has 0 radical (unpaired) electrons. The summed E-state index contributed by atoms with van der Waals surface area (Å²) in [5.74, 6) is -1.38. The molecule has 1 aliphatic rings. The zero-order valence-electron chi connectivity index (χ0n) is 11.7. The molecule has 1 fully saturated rings. The van der Waals surface area contributed by atoms with Gasteiger partial charge >= 0.3 is 0 Å². The first kappa shape index (κ1) is 16.8. The van der Waals surface area contributed by atoms with Gasteiger partial charge in [-0.3, -0.25) is 0 Å². The summed E-state index contributed by atoms with van der Waals surface area (Å²) in [5, 5.41) is 13.3. The minimum atomic E-state index is -0.973. The van der Waals surface area contributed by atoms with Crippen molar-refractivity contribution in [3.8, 4) is 0 Å². The lowest BCUT2D eigenvalue weighted by atomic mass is 9.87. The summed E-state index contributed by atoms with van der Waals surface area (Å²) in [5.41, 5.74) is -0.700. The van der Waals surface area contributed by atoms with Crippen LogP contribution in [0.15, 0.2) is 30.9 Å². The van der Waals surface area contributed by atoms with Gasteiger partial charge in [0.2, 0.25) is 0 Å². The molecule has 2 aromatic rings. The maximum Gasteiger partial charge on any atom is 0.137 e. The first-order chi connectivity index (χ1) is 10.1. The van der Waals surface area contributed by atoms with Gasteiger partial charge in [-0.25, -0.2) is 18.4 Å². The SMILES string of the molecule is Cl.OC[C@@H]1COC(Cn2cncn2)(c2ccc(F)cc2F)C1. The molecule has 120 valence electrons. The zero-order valence-corrected chi connectivity index (χ0v) is 12.5. The Labute approximate surface area is 132 Å². The Kier molecular flexibility index (Phi) is 5.10. The first-order valence-corrected chi connectivity index (χ1v) is 6.66. The summed E-state index contributed by atoms with van der Waals surface area (Å²) in [6, 6.07) is 3.44. The van der Waals surface area contributed by atoms with Gasteiger partial charge in [0, 0.05) is 24.2 Å². The Bertz CT molecular complexity index is 627. The molecule has 0 aliphatic carbocycles. The van der Waals surface area contributed by atoms with Crippen LogP contribution < -0.4 is 0 Å². The second-order valence-corrected chi connectivity index (χ2v) is 5.28. The van der Waals surface area contributed by atoms with Crippen LogP contribution in [0.1, 0.15) is 12.0 Å². The van der Waals surface area contributed by atoms with Gasteiger partial charge in [0.15, 0.2) is 0 Å². The lowest BCUT2D eigenvalue weighted by Crippen LogP contribution is -2.32. The van der Waals surface area contributed by atoms with Crippen LogP contribution in [0.3, 0.4) is 0 Å². The van der Waals surface area contributed by atoms with Crippen molar-refractivity contribution in [1.29, 1.82) is 0 Å². The van der Waals surface area contributed by atoms with Gasteiger partial charge in [-0.15, -0.1) is 12.4 Å². The second kappa shape index (κ2) is 6.68. The van der Waals surface area contributed by atoms with E-state index in [0.717, 1.165) is 6.07 Å². The summed E-state index contributed by atoms with van der Waals surface area (Å²) >= 11 is 0. The van der Waals surface area contributed by atoms with Crippen LogP contribution in [0.5, 0.6) is 0 Å². The number of hydrogen-bond acceptors (Lipinski definition) is 4. The standard InChI is InChI=1S/C14H15F2N3O2.ClH/c15-11-1-2-12(13(16)3-11)14(4-10(5-20)6-21-14)7-19-9-17-8-18-19;/h1-3,8-10,20H,4-7H2;1H/t10-,14?;/m1./s1. The highest BCUT2D eigenvalue weighted by molar-refractivity contribution is 5.85. The van der Waals surface area contributed by atoms with Crippen molar-refractivity contribution in [2.75, 3.05) is 13.2 Å². The molecule has 1 aliphatic heterocycles. The fraction of sp³-hybridized carbons (Fsp3) is 0.429. The normalized spacial score (nSPS) is 24.2. The van der Waals surface area contributed by atoms with Crippen LogP contribution in [-0.4, -0.2) is 33.1 Å². The number of aliphatic hydroxyl groups excluding tert-OH is 1. The summed E-state index contributed by atoms with van der Waals surface area (Å²) in [6.45, 7) is 0.538. The molecule has 0 amide bonds. The molecule has 0 spiro atoms. The van der Waals surface area contributed by atoms with E-state index >= 15 is 0 Å². The minimum Gasteiger partial charge on any atom is -0.396 e. The molecule has 3 rings (SSSR count). The largest absolute Gasteiger partial charge is 0.396 e. The molecule has 22 heavy (non-hydrogen) atoms. The Morgan fingerprint density at radius 3 is 2.82 bits per heavy atom. The van der Waals surface area contributed by atoms with Crippen LogP contribution in [0, 0.1) is 17.6 Å². The predicted molar refractivity (Wildman–Crippen MR) is 76.5 cm³/mol. The zero-order chi connectivity index (χ0) is 14.9. The highest BCUT2D eigenvalue weighted by atomic mass is 35.5. The topological polar surface area (TPSA) is 60.2 Å². The molecule has 0 saturated carbocycles. The molecule has 1 aromatic carbocycles. The summed E-state index contributed by atoms with van der Waals surface area (Å²) in [6.07, 6.45) is 3.33. The Hall–Kier alpha value is -1.57. The first-order valence-electron chi connectivity index (χ1n) is 6.66. The molecule has 8 heteroatoms. The number of rotatable bonds is 4. The minimum absolute atomic E-state index is 0. The Morgan fingerprint density at radius 2 is 2.23 bits per heavy atom. The van der Waals surface area contributed by atoms with E-state index in [1.807, 2.05) is 0 Å². The van der Waals surface area contributed by atoms with Gasteiger partial charge < -0.3 is 9.84 Å².